The van der Waals surface area contributed by atoms with Crippen molar-refractivity contribution in [1.82, 2.24) is 30.4 Å². The highest BCUT2D eigenvalue weighted by molar-refractivity contribution is 5.74. The van der Waals surface area contributed by atoms with Crippen LogP contribution in [-0.4, -0.2) is 35.5 Å². The molecule has 3 aromatic carbocycles. The SMILES string of the molecule is Cc1ccc(O)c(-n2nc3ccccc3n2)c1.c1ccc2[nH]nnc2c1. The molecular weight excluding hydrogens is 328 g/mol. The van der Waals surface area contributed by atoms with Crippen LogP contribution < -0.4 is 0 Å². The first kappa shape index (κ1) is 15.8. The van der Waals surface area contributed by atoms with Gasteiger partial charge in [-0.15, -0.1) is 20.1 Å². The Labute approximate surface area is 148 Å². The van der Waals surface area contributed by atoms with E-state index in [2.05, 4.69) is 25.6 Å². The lowest BCUT2D eigenvalue weighted by Crippen LogP contribution is -1.99. The van der Waals surface area contributed by atoms with E-state index in [0.717, 1.165) is 27.6 Å². The Morgan fingerprint density at radius 3 is 2.19 bits per heavy atom. The van der Waals surface area contributed by atoms with Crippen molar-refractivity contribution in [3.63, 3.8) is 0 Å². The van der Waals surface area contributed by atoms with Crippen LogP contribution in [0.3, 0.4) is 0 Å². The molecule has 2 heterocycles. The van der Waals surface area contributed by atoms with Crippen LogP contribution in [0.4, 0.5) is 0 Å². The average molecular weight is 344 g/mol. The molecule has 0 radical (unpaired) electrons. The zero-order valence-electron chi connectivity index (χ0n) is 14.0. The van der Waals surface area contributed by atoms with E-state index < -0.39 is 0 Å². The molecule has 7 heteroatoms. The highest BCUT2D eigenvalue weighted by atomic mass is 16.3. The Kier molecular flexibility index (Phi) is 4.03. The number of hydrogen-bond acceptors (Lipinski definition) is 5. The van der Waals surface area contributed by atoms with Crippen LogP contribution in [0.1, 0.15) is 5.56 Å². The second-order valence-electron chi connectivity index (χ2n) is 5.80. The molecule has 0 atom stereocenters. The summed E-state index contributed by atoms with van der Waals surface area (Å²) in [7, 11) is 0. The van der Waals surface area contributed by atoms with Gasteiger partial charge in [0.2, 0.25) is 0 Å². The number of aryl methyl sites for hydroxylation is 1. The summed E-state index contributed by atoms with van der Waals surface area (Å²) >= 11 is 0. The van der Waals surface area contributed by atoms with Crippen molar-refractivity contribution < 1.29 is 5.11 Å². The van der Waals surface area contributed by atoms with Gasteiger partial charge in [-0.05, 0) is 48.9 Å². The maximum atomic E-state index is 9.81. The Bertz CT molecular complexity index is 1110. The summed E-state index contributed by atoms with van der Waals surface area (Å²) in [5.74, 6) is 0.177. The first-order valence-electron chi connectivity index (χ1n) is 8.08. The molecule has 0 unspecified atom stereocenters. The normalized spacial score (nSPS) is 10.7. The molecule has 0 aliphatic carbocycles. The number of benzene rings is 3. The number of rotatable bonds is 1. The molecule has 26 heavy (non-hydrogen) atoms. The molecule has 0 amide bonds. The van der Waals surface area contributed by atoms with Crippen molar-refractivity contribution in [2.45, 2.75) is 6.92 Å². The van der Waals surface area contributed by atoms with Crippen LogP contribution >= 0.6 is 0 Å². The second kappa shape index (κ2) is 6.64. The summed E-state index contributed by atoms with van der Waals surface area (Å²) in [4.78, 5) is 1.47. The molecule has 0 bridgehead atoms. The summed E-state index contributed by atoms with van der Waals surface area (Å²) in [5, 5.41) is 28.7. The van der Waals surface area contributed by atoms with Gasteiger partial charge in [-0.1, -0.05) is 35.5 Å². The molecule has 0 saturated carbocycles. The Morgan fingerprint density at radius 1 is 0.846 bits per heavy atom. The number of para-hydroxylation sites is 1. The van der Waals surface area contributed by atoms with E-state index in [4.69, 9.17) is 0 Å². The van der Waals surface area contributed by atoms with Crippen LogP contribution in [0.5, 0.6) is 5.75 Å². The van der Waals surface area contributed by atoms with Gasteiger partial charge in [-0.25, -0.2) is 0 Å². The van der Waals surface area contributed by atoms with Crippen molar-refractivity contribution in [2.24, 2.45) is 0 Å². The van der Waals surface area contributed by atoms with E-state index in [1.807, 2.05) is 67.6 Å². The largest absolute Gasteiger partial charge is 0.506 e. The van der Waals surface area contributed by atoms with E-state index in [-0.39, 0.29) is 5.75 Å². The summed E-state index contributed by atoms with van der Waals surface area (Å²) in [5.41, 5.74) is 5.18. The third-order valence-electron chi connectivity index (χ3n) is 3.87. The van der Waals surface area contributed by atoms with Crippen LogP contribution in [0.2, 0.25) is 0 Å². The molecule has 0 fully saturated rings. The van der Waals surface area contributed by atoms with E-state index in [1.54, 1.807) is 6.07 Å². The molecular formula is C19H16N6O. The molecule has 128 valence electrons. The number of nitrogens with one attached hydrogen (secondary N) is 1. The predicted molar refractivity (Wildman–Crippen MR) is 99.2 cm³/mol. The monoisotopic (exact) mass is 344 g/mol. The fourth-order valence-corrected chi connectivity index (χ4v) is 2.55. The van der Waals surface area contributed by atoms with Crippen LogP contribution in [-0.2, 0) is 0 Å². The van der Waals surface area contributed by atoms with Crippen LogP contribution in [0.25, 0.3) is 27.8 Å². The number of phenols is 1. The van der Waals surface area contributed by atoms with Gasteiger partial charge in [0, 0.05) is 0 Å². The molecule has 5 aromatic rings. The van der Waals surface area contributed by atoms with Crippen molar-refractivity contribution in [1.29, 1.82) is 0 Å². The smallest absolute Gasteiger partial charge is 0.143 e. The molecule has 5 rings (SSSR count). The summed E-state index contributed by atoms with van der Waals surface area (Å²) in [6, 6.07) is 20.7. The van der Waals surface area contributed by atoms with Gasteiger partial charge in [0.15, 0.2) is 0 Å². The molecule has 7 nitrogen and oxygen atoms in total. The quantitative estimate of drug-likeness (QED) is 0.486. The number of hydrogen-bond donors (Lipinski definition) is 2. The lowest BCUT2D eigenvalue weighted by Gasteiger charge is -2.03. The summed E-state index contributed by atoms with van der Waals surface area (Å²) in [6.45, 7) is 1.96. The van der Waals surface area contributed by atoms with E-state index >= 15 is 0 Å². The van der Waals surface area contributed by atoms with Crippen molar-refractivity contribution in [3.8, 4) is 11.4 Å². The first-order valence-corrected chi connectivity index (χ1v) is 8.08. The lowest BCUT2D eigenvalue weighted by atomic mass is 10.2. The Hall–Kier alpha value is -3.74. The number of nitrogens with zero attached hydrogens (tertiary/aromatic N) is 5. The van der Waals surface area contributed by atoms with Gasteiger partial charge in [0.05, 0.1) is 5.52 Å². The number of aromatic nitrogens is 6. The van der Waals surface area contributed by atoms with E-state index in [9.17, 15) is 5.11 Å². The standard InChI is InChI=1S/C13H11N3O.C6H5N3/c1-9-6-7-13(17)12(8-9)16-14-10-4-2-3-5-11(10)15-16;1-2-4-6-5(3-1)7-9-8-6/h2-8,17H,1H3;1-4H,(H,7,8,9). The fourth-order valence-electron chi connectivity index (χ4n) is 2.55. The number of fused-ring (bicyclic) bond motifs is 2. The van der Waals surface area contributed by atoms with E-state index in [0.29, 0.717) is 5.69 Å². The maximum Gasteiger partial charge on any atom is 0.143 e. The lowest BCUT2D eigenvalue weighted by molar-refractivity contribution is 0.467. The number of phenolic OH excluding ortho intramolecular Hbond substituents is 1. The van der Waals surface area contributed by atoms with Crippen LogP contribution in [0, 0.1) is 6.92 Å². The highest BCUT2D eigenvalue weighted by Gasteiger charge is 2.08. The van der Waals surface area contributed by atoms with Gasteiger partial charge >= 0.3 is 0 Å². The van der Waals surface area contributed by atoms with Crippen molar-refractivity contribution in [2.75, 3.05) is 0 Å². The minimum atomic E-state index is 0.177. The predicted octanol–water partition coefficient (Wildman–Crippen LogP) is 3.39. The molecule has 0 saturated heterocycles. The summed E-state index contributed by atoms with van der Waals surface area (Å²) < 4.78 is 0. The number of aromatic hydroxyl groups is 1. The van der Waals surface area contributed by atoms with Crippen molar-refractivity contribution in [3.05, 3.63) is 72.3 Å². The third kappa shape index (κ3) is 3.10. The zero-order valence-corrected chi connectivity index (χ0v) is 14.0. The number of H-pyrrole nitrogens is 1. The summed E-state index contributed by atoms with van der Waals surface area (Å²) in [6.07, 6.45) is 0. The van der Waals surface area contributed by atoms with Gasteiger partial charge in [-0.3, -0.25) is 5.10 Å². The fraction of sp³-hybridized carbons (Fsp3) is 0.0526. The molecule has 0 aliphatic heterocycles. The molecule has 0 spiro atoms. The van der Waals surface area contributed by atoms with Gasteiger partial charge < -0.3 is 5.11 Å². The second-order valence-corrected chi connectivity index (χ2v) is 5.80. The van der Waals surface area contributed by atoms with E-state index in [1.165, 1.54) is 4.80 Å². The number of aromatic amines is 1. The first-order chi connectivity index (χ1) is 12.7. The molecule has 2 aromatic heterocycles. The highest BCUT2D eigenvalue weighted by Crippen LogP contribution is 2.22. The maximum absolute atomic E-state index is 9.81. The van der Waals surface area contributed by atoms with Gasteiger partial charge in [0.25, 0.3) is 0 Å². The zero-order chi connectivity index (χ0) is 17.9. The topological polar surface area (TPSA) is 92.5 Å². The van der Waals surface area contributed by atoms with Gasteiger partial charge in [-0.2, -0.15) is 0 Å². The third-order valence-corrected chi connectivity index (χ3v) is 3.87. The van der Waals surface area contributed by atoms with Crippen LogP contribution in [0.15, 0.2) is 66.7 Å². The molecule has 0 aliphatic rings. The Balaban J connectivity index is 0.000000157. The average Bonchev–Trinajstić information content (AvgIpc) is 3.30. The Morgan fingerprint density at radius 2 is 1.50 bits per heavy atom. The van der Waals surface area contributed by atoms with Gasteiger partial charge in [0.1, 0.15) is 28.0 Å². The minimum absolute atomic E-state index is 0.177. The molecule has 2 N–H and O–H groups in total. The minimum Gasteiger partial charge on any atom is -0.506 e. The van der Waals surface area contributed by atoms with Crippen molar-refractivity contribution >= 4 is 22.1 Å².